The Hall–Kier alpha value is -2.61. The number of nitrogens with zero attached hydrogens (tertiary/aromatic N) is 1. The second kappa shape index (κ2) is 5.17. The van der Waals surface area contributed by atoms with E-state index in [2.05, 4.69) is 41.7 Å². The van der Waals surface area contributed by atoms with Crippen molar-refractivity contribution in [2.24, 2.45) is 0 Å². The van der Waals surface area contributed by atoms with E-state index in [1.54, 1.807) is 6.08 Å². The van der Waals surface area contributed by atoms with Crippen LogP contribution in [0.5, 0.6) is 0 Å². The number of rotatable bonds is 3. The summed E-state index contributed by atoms with van der Waals surface area (Å²) in [5.74, 6) is 0. The van der Waals surface area contributed by atoms with E-state index >= 15 is 0 Å². The van der Waals surface area contributed by atoms with E-state index in [0.717, 1.165) is 34.3 Å². The molecule has 2 heteroatoms. The standard InChI is InChI=1S/C18H15NO/c1-14-7-5-10-16-13-17(15-8-3-2-4-9-15)18(19(14)16)11-6-12-20/h2-13H,1H3/b11-6+. The molecule has 98 valence electrons. The van der Waals surface area contributed by atoms with Crippen molar-refractivity contribution in [3.63, 3.8) is 0 Å². The van der Waals surface area contributed by atoms with Crippen molar-refractivity contribution in [3.8, 4) is 11.1 Å². The second-order valence-electron chi connectivity index (χ2n) is 4.73. The molecule has 0 aliphatic carbocycles. The van der Waals surface area contributed by atoms with E-state index in [0.29, 0.717) is 0 Å². The predicted octanol–water partition coefficient (Wildman–Crippen LogP) is 4.13. The third kappa shape index (κ3) is 2.05. The number of allylic oxidation sites excluding steroid dienone is 1. The highest BCUT2D eigenvalue weighted by atomic mass is 16.1. The van der Waals surface area contributed by atoms with Crippen LogP contribution in [0.4, 0.5) is 0 Å². The molecule has 0 aliphatic heterocycles. The molecule has 0 radical (unpaired) electrons. The Bertz CT molecular complexity index is 782. The quantitative estimate of drug-likeness (QED) is 0.513. The van der Waals surface area contributed by atoms with E-state index in [9.17, 15) is 4.79 Å². The van der Waals surface area contributed by atoms with Gasteiger partial charge in [0.1, 0.15) is 6.29 Å². The smallest absolute Gasteiger partial charge is 0.142 e. The van der Waals surface area contributed by atoms with Crippen molar-refractivity contribution in [2.45, 2.75) is 6.92 Å². The zero-order valence-corrected chi connectivity index (χ0v) is 11.3. The molecule has 0 amide bonds. The normalized spacial score (nSPS) is 11.2. The summed E-state index contributed by atoms with van der Waals surface area (Å²) in [5, 5.41) is 0. The van der Waals surface area contributed by atoms with E-state index in [1.807, 2.05) is 30.3 Å². The fourth-order valence-corrected chi connectivity index (χ4v) is 2.57. The zero-order valence-electron chi connectivity index (χ0n) is 11.3. The van der Waals surface area contributed by atoms with Crippen LogP contribution in [-0.4, -0.2) is 10.7 Å². The van der Waals surface area contributed by atoms with Crippen LogP contribution in [0, 0.1) is 6.92 Å². The maximum Gasteiger partial charge on any atom is 0.142 e. The topological polar surface area (TPSA) is 21.5 Å². The van der Waals surface area contributed by atoms with Gasteiger partial charge in [0, 0.05) is 16.8 Å². The van der Waals surface area contributed by atoms with E-state index in [1.165, 1.54) is 0 Å². The molecule has 3 rings (SSSR count). The number of benzene rings is 1. The average Bonchev–Trinajstić information content (AvgIpc) is 2.86. The highest BCUT2D eigenvalue weighted by Crippen LogP contribution is 2.29. The molecule has 1 aromatic carbocycles. The van der Waals surface area contributed by atoms with Crippen LogP contribution in [0.1, 0.15) is 11.4 Å². The minimum absolute atomic E-state index is 0.812. The molecule has 2 nitrogen and oxygen atoms in total. The zero-order chi connectivity index (χ0) is 13.9. The monoisotopic (exact) mass is 261 g/mol. The van der Waals surface area contributed by atoms with Gasteiger partial charge in [-0.2, -0.15) is 0 Å². The van der Waals surface area contributed by atoms with Gasteiger partial charge in [0.25, 0.3) is 0 Å². The maximum absolute atomic E-state index is 10.7. The number of pyridine rings is 1. The Kier molecular flexibility index (Phi) is 3.21. The molecule has 0 bridgehead atoms. The van der Waals surface area contributed by atoms with Gasteiger partial charge in [-0.3, -0.25) is 4.79 Å². The fraction of sp³-hybridized carbons (Fsp3) is 0.0556. The molecule has 0 unspecified atom stereocenters. The van der Waals surface area contributed by atoms with Gasteiger partial charge in [-0.1, -0.05) is 36.4 Å². The summed E-state index contributed by atoms with van der Waals surface area (Å²) < 4.78 is 2.17. The molecule has 3 aromatic rings. The Morgan fingerprint density at radius 2 is 1.80 bits per heavy atom. The van der Waals surface area contributed by atoms with Gasteiger partial charge < -0.3 is 4.40 Å². The molecule has 0 fully saturated rings. The SMILES string of the molecule is Cc1cccc2cc(-c3ccccc3)c(/C=C/C=O)n12. The van der Waals surface area contributed by atoms with Crippen LogP contribution in [-0.2, 0) is 4.79 Å². The number of hydrogen-bond acceptors (Lipinski definition) is 1. The first-order valence-electron chi connectivity index (χ1n) is 6.59. The minimum Gasteiger partial charge on any atom is -0.314 e. The van der Waals surface area contributed by atoms with Gasteiger partial charge in [-0.15, -0.1) is 0 Å². The highest BCUT2D eigenvalue weighted by Gasteiger charge is 2.10. The van der Waals surface area contributed by atoms with Crippen molar-refractivity contribution < 1.29 is 4.79 Å². The van der Waals surface area contributed by atoms with Crippen molar-refractivity contribution in [1.29, 1.82) is 0 Å². The Balaban J connectivity index is 2.34. The summed E-state index contributed by atoms with van der Waals surface area (Å²) in [6, 6.07) is 18.6. The summed E-state index contributed by atoms with van der Waals surface area (Å²) in [4.78, 5) is 10.7. The second-order valence-corrected chi connectivity index (χ2v) is 4.73. The summed E-state index contributed by atoms with van der Waals surface area (Å²) in [6.07, 6.45) is 4.22. The minimum atomic E-state index is 0.812. The number of aryl methyl sites for hydroxylation is 1. The molecule has 2 aromatic heterocycles. The molecular weight excluding hydrogens is 246 g/mol. The maximum atomic E-state index is 10.7. The number of aromatic nitrogens is 1. The number of carbonyl (C=O) groups is 1. The molecule has 0 saturated carbocycles. The molecule has 0 aliphatic rings. The van der Waals surface area contributed by atoms with Crippen molar-refractivity contribution in [3.05, 3.63) is 72.1 Å². The Morgan fingerprint density at radius 3 is 2.55 bits per heavy atom. The third-order valence-corrected chi connectivity index (χ3v) is 3.44. The highest BCUT2D eigenvalue weighted by molar-refractivity contribution is 5.84. The van der Waals surface area contributed by atoms with E-state index in [-0.39, 0.29) is 0 Å². The number of fused-ring (bicyclic) bond motifs is 1. The Labute approximate surface area is 118 Å². The number of carbonyl (C=O) groups excluding carboxylic acids is 1. The van der Waals surface area contributed by atoms with Crippen molar-refractivity contribution in [1.82, 2.24) is 4.40 Å². The lowest BCUT2D eigenvalue weighted by molar-refractivity contribution is -0.104. The molecule has 0 spiro atoms. The third-order valence-electron chi connectivity index (χ3n) is 3.44. The van der Waals surface area contributed by atoms with Gasteiger partial charge >= 0.3 is 0 Å². The summed E-state index contributed by atoms with van der Waals surface area (Å²) in [7, 11) is 0. The number of aldehydes is 1. The lowest BCUT2D eigenvalue weighted by Crippen LogP contribution is -1.93. The van der Waals surface area contributed by atoms with Gasteiger partial charge in [0.2, 0.25) is 0 Å². The Morgan fingerprint density at radius 1 is 1.00 bits per heavy atom. The summed E-state index contributed by atoms with van der Waals surface area (Å²) >= 11 is 0. The largest absolute Gasteiger partial charge is 0.314 e. The van der Waals surface area contributed by atoms with E-state index < -0.39 is 0 Å². The first kappa shape index (κ1) is 12.4. The van der Waals surface area contributed by atoms with E-state index in [4.69, 9.17) is 0 Å². The van der Waals surface area contributed by atoms with Crippen molar-refractivity contribution in [2.75, 3.05) is 0 Å². The van der Waals surface area contributed by atoms with Crippen LogP contribution in [0.25, 0.3) is 22.7 Å². The van der Waals surface area contributed by atoms with Crippen LogP contribution in [0.2, 0.25) is 0 Å². The van der Waals surface area contributed by atoms with Gasteiger partial charge in [-0.05, 0) is 42.8 Å². The number of hydrogen-bond donors (Lipinski definition) is 0. The predicted molar refractivity (Wildman–Crippen MR) is 82.7 cm³/mol. The van der Waals surface area contributed by atoms with Crippen LogP contribution in [0.3, 0.4) is 0 Å². The summed E-state index contributed by atoms with van der Waals surface area (Å²) in [5.41, 5.74) is 5.61. The molecule has 2 heterocycles. The molecule has 0 saturated heterocycles. The van der Waals surface area contributed by atoms with Crippen LogP contribution >= 0.6 is 0 Å². The molecule has 0 N–H and O–H groups in total. The van der Waals surface area contributed by atoms with Crippen LogP contribution in [0.15, 0.2) is 60.7 Å². The van der Waals surface area contributed by atoms with Gasteiger partial charge in [0.15, 0.2) is 0 Å². The average molecular weight is 261 g/mol. The first-order valence-corrected chi connectivity index (χ1v) is 6.59. The first-order chi connectivity index (χ1) is 9.81. The lowest BCUT2D eigenvalue weighted by Gasteiger charge is -2.05. The summed E-state index contributed by atoms with van der Waals surface area (Å²) in [6.45, 7) is 2.07. The van der Waals surface area contributed by atoms with Gasteiger partial charge in [-0.25, -0.2) is 0 Å². The fourth-order valence-electron chi connectivity index (χ4n) is 2.57. The van der Waals surface area contributed by atoms with Crippen molar-refractivity contribution >= 4 is 17.9 Å². The molecular formula is C18H15NO. The van der Waals surface area contributed by atoms with Crippen LogP contribution < -0.4 is 0 Å². The van der Waals surface area contributed by atoms with Gasteiger partial charge in [0.05, 0.1) is 5.69 Å². The molecule has 0 atom stereocenters. The lowest BCUT2D eigenvalue weighted by atomic mass is 10.1. The molecule has 20 heavy (non-hydrogen) atoms.